The fourth-order valence-electron chi connectivity index (χ4n) is 6.14. The highest BCUT2D eigenvalue weighted by molar-refractivity contribution is 6.45. The first-order valence-electron chi connectivity index (χ1n) is 14.4. The average Bonchev–Trinajstić information content (AvgIpc) is 3.03. The molecule has 0 spiro atoms. The summed E-state index contributed by atoms with van der Waals surface area (Å²) in [6.07, 6.45) is 9.96. The predicted molar refractivity (Wildman–Crippen MR) is 175 cm³/mol. The molecular weight excluding hydrogens is 525 g/mol. The van der Waals surface area contributed by atoms with Crippen molar-refractivity contribution in [1.82, 2.24) is 15.3 Å². The Morgan fingerprint density at radius 1 is 0.976 bits per heavy atom. The number of rotatable bonds is 8. The summed E-state index contributed by atoms with van der Waals surface area (Å²) in [6, 6.07) is 16.6. The van der Waals surface area contributed by atoms with E-state index in [0.29, 0.717) is 23.1 Å². The first kappa shape index (κ1) is 32.6. The van der Waals surface area contributed by atoms with Gasteiger partial charge in [0.25, 0.3) is 0 Å². The molecule has 2 bridgehead atoms. The van der Waals surface area contributed by atoms with Crippen molar-refractivity contribution >= 4 is 36.2 Å². The van der Waals surface area contributed by atoms with Crippen molar-refractivity contribution in [2.45, 2.75) is 49.2 Å². The number of ether oxygens (including phenoxy) is 1. The summed E-state index contributed by atoms with van der Waals surface area (Å²) in [5.41, 5.74) is 8.95. The number of hydrogen-bond acceptors (Lipinski definition) is 8. The summed E-state index contributed by atoms with van der Waals surface area (Å²) in [5, 5.41) is 12.0. The Kier molecular flexibility index (Phi) is 11.9. The highest BCUT2D eigenvalue weighted by atomic mass is 16.5. The van der Waals surface area contributed by atoms with Gasteiger partial charge >= 0.3 is 0 Å². The number of anilines is 4. The second-order valence-electron chi connectivity index (χ2n) is 10.5. The van der Waals surface area contributed by atoms with Gasteiger partial charge in [-0.1, -0.05) is 62.6 Å². The lowest BCUT2D eigenvalue weighted by Crippen LogP contribution is -2.54. The highest BCUT2D eigenvalue weighted by Gasteiger charge is 2.50. The normalized spacial score (nSPS) is 20.2. The van der Waals surface area contributed by atoms with E-state index in [0.717, 1.165) is 24.2 Å². The van der Waals surface area contributed by atoms with Crippen molar-refractivity contribution in [2.24, 2.45) is 5.73 Å². The molecule has 10 heteroatoms. The zero-order chi connectivity index (χ0) is 30.6. The van der Waals surface area contributed by atoms with E-state index in [1.54, 1.807) is 14.2 Å². The molecule has 0 unspecified atom stereocenters. The van der Waals surface area contributed by atoms with Crippen LogP contribution >= 0.6 is 0 Å². The number of carbonyl (C=O) groups excluding carboxylic acids is 1. The van der Waals surface area contributed by atoms with Gasteiger partial charge in [0.2, 0.25) is 11.9 Å². The van der Waals surface area contributed by atoms with Gasteiger partial charge < -0.3 is 31.7 Å². The summed E-state index contributed by atoms with van der Waals surface area (Å²) in [7, 11) is 11.2. The quantitative estimate of drug-likeness (QED) is 0.190. The van der Waals surface area contributed by atoms with E-state index in [-0.39, 0.29) is 16.5 Å². The Labute approximate surface area is 251 Å². The number of nitrogens with two attached hydrogens (primary N) is 1. The Bertz CT molecular complexity index is 1310. The molecule has 3 heterocycles. The average molecular weight is 571 g/mol. The van der Waals surface area contributed by atoms with E-state index in [2.05, 4.69) is 82.2 Å². The first-order valence-corrected chi connectivity index (χ1v) is 14.4. The summed E-state index contributed by atoms with van der Waals surface area (Å²) in [5.74, 6) is 0.813. The maximum absolute atomic E-state index is 12.0. The number of aromatic nitrogens is 2. The number of nitrogens with zero attached hydrogens (tertiary/aromatic N) is 2. The second-order valence-corrected chi connectivity index (χ2v) is 10.5. The van der Waals surface area contributed by atoms with Crippen LogP contribution in [0.4, 0.5) is 23.0 Å². The van der Waals surface area contributed by atoms with Crippen LogP contribution in [-0.2, 0) is 15.4 Å². The maximum Gasteiger partial charge on any atom is 0.247 e. The summed E-state index contributed by atoms with van der Waals surface area (Å²) >= 11 is 0. The van der Waals surface area contributed by atoms with Crippen molar-refractivity contribution in [3.63, 3.8) is 0 Å². The van der Waals surface area contributed by atoms with Crippen LogP contribution in [-0.4, -0.2) is 58.5 Å². The third-order valence-corrected chi connectivity index (χ3v) is 7.86. The third-order valence-electron chi connectivity index (χ3n) is 7.86. The van der Waals surface area contributed by atoms with E-state index in [9.17, 15) is 4.79 Å². The van der Waals surface area contributed by atoms with E-state index in [1.165, 1.54) is 44.4 Å². The molecule has 6 N–H and O–H groups in total. The smallest absolute Gasteiger partial charge is 0.247 e. The lowest BCUT2D eigenvalue weighted by atomic mass is 9.27. The Morgan fingerprint density at radius 2 is 1.62 bits per heavy atom. The highest BCUT2D eigenvalue weighted by Crippen LogP contribution is 2.52. The number of hydrogen-bond donors (Lipinski definition) is 5. The molecular formula is C32H45BN7O2. The van der Waals surface area contributed by atoms with Gasteiger partial charge in [-0.2, -0.15) is 0 Å². The largest absolute Gasteiger partial charge is 0.494 e. The summed E-state index contributed by atoms with van der Waals surface area (Å²) in [6.45, 7) is 3.54. The van der Waals surface area contributed by atoms with Crippen molar-refractivity contribution in [1.29, 1.82) is 0 Å². The number of methoxy groups -OCH3 is 1. The van der Waals surface area contributed by atoms with Crippen LogP contribution in [0.5, 0.6) is 5.75 Å². The molecule has 2 aromatic carbocycles. The molecule has 2 saturated heterocycles. The van der Waals surface area contributed by atoms with Crippen LogP contribution in [0.1, 0.15) is 49.8 Å². The van der Waals surface area contributed by atoms with Gasteiger partial charge in [-0.3, -0.25) is 4.79 Å². The third kappa shape index (κ3) is 7.30. The molecule has 3 aromatic rings. The van der Waals surface area contributed by atoms with Crippen molar-refractivity contribution in [2.75, 3.05) is 51.3 Å². The van der Waals surface area contributed by atoms with Gasteiger partial charge in [-0.05, 0) is 68.4 Å². The molecule has 2 aliphatic rings. The number of benzene rings is 2. The zero-order valence-electron chi connectivity index (χ0n) is 25.6. The van der Waals surface area contributed by atoms with Crippen LogP contribution in [0, 0.1) is 0 Å². The molecule has 2 aliphatic heterocycles. The zero-order valence-corrected chi connectivity index (χ0v) is 25.6. The second kappa shape index (κ2) is 15.4. The van der Waals surface area contributed by atoms with Crippen molar-refractivity contribution < 1.29 is 9.53 Å². The predicted octanol–water partition coefficient (Wildman–Crippen LogP) is 4.97. The van der Waals surface area contributed by atoms with Gasteiger partial charge in [-0.15, -0.1) is 0 Å². The molecule has 5 rings (SSSR count). The molecule has 42 heavy (non-hydrogen) atoms. The first-order chi connectivity index (χ1) is 20.4. The molecule has 1 aromatic heterocycles. The fourth-order valence-corrected chi connectivity index (χ4v) is 6.14. The molecule has 9 nitrogen and oxygen atoms in total. The summed E-state index contributed by atoms with van der Waals surface area (Å²) in [4.78, 5) is 21.5. The van der Waals surface area contributed by atoms with Gasteiger partial charge in [0, 0.05) is 25.0 Å². The van der Waals surface area contributed by atoms with Gasteiger partial charge in [0.05, 0.1) is 24.2 Å². The molecule has 1 amide bonds. The van der Waals surface area contributed by atoms with E-state index in [4.69, 9.17) is 9.72 Å². The van der Waals surface area contributed by atoms with E-state index < -0.39 is 0 Å². The van der Waals surface area contributed by atoms with E-state index >= 15 is 0 Å². The molecule has 0 atom stereocenters. The number of amides is 1. The minimum absolute atomic E-state index is 0.0745. The Hall–Kier alpha value is -3.89. The standard InChI is InChI=1S/C29H33BN5O2.C2H7N.CH5N/c1-4-26(36)33-22-18-23(24(37-3)19-21(22)31-2)34-27-32-17-12-25(35-27)29-15-8-13-28(30-29,14-9-16-29)20-10-6-5-7-11-20;1-3-2;1-2/h4-7,10-12,17-19,31H,1,8-9,13-16H2,2-3H3,(H,33,36)(H,32,34,35);3H,1-2H3;2H2,1H3. The van der Waals surface area contributed by atoms with E-state index in [1.807, 2.05) is 32.4 Å². The summed E-state index contributed by atoms with van der Waals surface area (Å²) < 4.78 is 5.62. The molecule has 223 valence electrons. The Balaban J connectivity index is 0.000000910. The molecule has 2 fully saturated rings. The molecule has 0 saturated carbocycles. The Morgan fingerprint density at radius 3 is 2.21 bits per heavy atom. The van der Waals surface area contributed by atoms with Crippen LogP contribution in [0.25, 0.3) is 0 Å². The lowest BCUT2D eigenvalue weighted by Gasteiger charge is -2.52. The number of carbonyl (C=O) groups is 1. The molecule has 0 aliphatic carbocycles. The maximum atomic E-state index is 12.0. The lowest BCUT2D eigenvalue weighted by molar-refractivity contribution is -0.111. The van der Waals surface area contributed by atoms with Crippen LogP contribution in [0.2, 0.25) is 0 Å². The number of nitrogens with one attached hydrogen (secondary N) is 4. The molecule has 1 radical (unpaired) electrons. The minimum atomic E-state index is -0.294. The van der Waals surface area contributed by atoms with Gasteiger partial charge in [-0.25, -0.2) is 9.97 Å². The minimum Gasteiger partial charge on any atom is -0.494 e. The van der Waals surface area contributed by atoms with Gasteiger partial charge in [0.15, 0.2) is 0 Å². The SMILES string of the molecule is C=CC(=O)Nc1cc(Nc2nccc(C34[B]C(c5ccccc5)(CCC3)CCC4)n2)c(OC)cc1NC.CN.CNC. The van der Waals surface area contributed by atoms with Crippen LogP contribution < -0.4 is 31.7 Å². The van der Waals surface area contributed by atoms with Crippen LogP contribution in [0.3, 0.4) is 0 Å². The topological polar surface area (TPSA) is 126 Å². The number of fused-ring (bicyclic) bond motifs is 2. The van der Waals surface area contributed by atoms with Crippen molar-refractivity contribution in [3.8, 4) is 5.75 Å². The monoisotopic (exact) mass is 570 g/mol. The van der Waals surface area contributed by atoms with Gasteiger partial charge in [0.1, 0.15) is 13.0 Å². The van der Waals surface area contributed by atoms with Crippen molar-refractivity contribution in [3.05, 3.63) is 78.6 Å². The fraction of sp³-hybridized carbons (Fsp3) is 0.406. The van der Waals surface area contributed by atoms with Crippen LogP contribution in [0.15, 0.2) is 67.4 Å².